The van der Waals surface area contributed by atoms with Crippen LogP contribution in [0.4, 0.5) is 0 Å². The molecule has 0 radical (unpaired) electrons. The van der Waals surface area contributed by atoms with Gasteiger partial charge in [-0.2, -0.15) is 0 Å². The van der Waals surface area contributed by atoms with Crippen molar-refractivity contribution < 1.29 is 9.90 Å². The standard InChI is InChI=1S/C13H15NO2S2/c1-7-5-6-8(17-7)11-14-10(13(2,3)4)9(18-11)12(15)16/h5-6H,1-4H3,(H,15,16). The van der Waals surface area contributed by atoms with Crippen molar-refractivity contribution in [3.63, 3.8) is 0 Å². The van der Waals surface area contributed by atoms with Gasteiger partial charge in [0.2, 0.25) is 0 Å². The molecule has 0 aliphatic carbocycles. The average molecular weight is 281 g/mol. The van der Waals surface area contributed by atoms with Crippen LogP contribution in [0.3, 0.4) is 0 Å². The van der Waals surface area contributed by atoms with Crippen molar-refractivity contribution in [2.75, 3.05) is 0 Å². The van der Waals surface area contributed by atoms with E-state index in [-0.39, 0.29) is 5.41 Å². The summed E-state index contributed by atoms with van der Waals surface area (Å²) < 4.78 is 0. The highest BCUT2D eigenvalue weighted by Crippen LogP contribution is 2.37. The molecule has 0 bridgehead atoms. The van der Waals surface area contributed by atoms with E-state index in [0.29, 0.717) is 10.6 Å². The summed E-state index contributed by atoms with van der Waals surface area (Å²) in [6, 6.07) is 4.02. The summed E-state index contributed by atoms with van der Waals surface area (Å²) in [7, 11) is 0. The first-order valence-electron chi connectivity index (χ1n) is 5.60. The molecule has 0 aliphatic rings. The molecule has 5 heteroatoms. The predicted molar refractivity (Wildman–Crippen MR) is 75.8 cm³/mol. The van der Waals surface area contributed by atoms with E-state index >= 15 is 0 Å². The lowest BCUT2D eigenvalue weighted by atomic mass is 9.91. The van der Waals surface area contributed by atoms with Gasteiger partial charge in [0, 0.05) is 10.3 Å². The van der Waals surface area contributed by atoms with E-state index in [0.717, 1.165) is 9.88 Å². The zero-order valence-corrected chi connectivity index (χ0v) is 12.4. The highest BCUT2D eigenvalue weighted by atomic mass is 32.1. The molecule has 0 amide bonds. The van der Waals surface area contributed by atoms with Crippen LogP contribution in [-0.4, -0.2) is 16.1 Å². The van der Waals surface area contributed by atoms with Crippen LogP contribution in [0.5, 0.6) is 0 Å². The van der Waals surface area contributed by atoms with Crippen LogP contribution in [0.2, 0.25) is 0 Å². The summed E-state index contributed by atoms with van der Waals surface area (Å²) >= 11 is 2.90. The Bertz CT molecular complexity index is 590. The summed E-state index contributed by atoms with van der Waals surface area (Å²) in [5.74, 6) is -0.892. The minimum atomic E-state index is -0.892. The van der Waals surface area contributed by atoms with E-state index in [4.69, 9.17) is 0 Å². The zero-order valence-electron chi connectivity index (χ0n) is 10.8. The highest BCUT2D eigenvalue weighted by molar-refractivity contribution is 7.22. The lowest BCUT2D eigenvalue weighted by Crippen LogP contribution is -2.16. The number of carboxylic acid groups (broad SMARTS) is 1. The molecule has 0 spiro atoms. The fourth-order valence-electron chi connectivity index (χ4n) is 1.63. The van der Waals surface area contributed by atoms with Crippen molar-refractivity contribution in [1.82, 2.24) is 4.98 Å². The minimum absolute atomic E-state index is 0.255. The van der Waals surface area contributed by atoms with Gasteiger partial charge in [0.15, 0.2) is 0 Å². The summed E-state index contributed by atoms with van der Waals surface area (Å²) in [4.78, 5) is 18.4. The third kappa shape index (κ3) is 2.47. The number of aromatic nitrogens is 1. The van der Waals surface area contributed by atoms with Crippen molar-refractivity contribution >= 4 is 28.6 Å². The second kappa shape index (κ2) is 4.48. The Labute approximate surface area is 114 Å². The van der Waals surface area contributed by atoms with E-state index < -0.39 is 5.97 Å². The van der Waals surface area contributed by atoms with Crippen LogP contribution < -0.4 is 0 Å². The Hall–Kier alpha value is -1.20. The lowest BCUT2D eigenvalue weighted by Gasteiger charge is -2.15. The number of hydrogen-bond donors (Lipinski definition) is 1. The molecular weight excluding hydrogens is 266 g/mol. The first-order valence-corrected chi connectivity index (χ1v) is 7.24. The van der Waals surface area contributed by atoms with E-state index in [9.17, 15) is 9.90 Å². The van der Waals surface area contributed by atoms with E-state index in [2.05, 4.69) is 4.98 Å². The van der Waals surface area contributed by atoms with Gasteiger partial charge in [0.05, 0.1) is 10.6 Å². The summed E-state index contributed by atoms with van der Waals surface area (Å²) in [6.45, 7) is 7.98. The Morgan fingerprint density at radius 1 is 1.28 bits per heavy atom. The van der Waals surface area contributed by atoms with Crippen LogP contribution in [0.25, 0.3) is 9.88 Å². The van der Waals surface area contributed by atoms with Crippen molar-refractivity contribution in [3.05, 3.63) is 27.6 Å². The molecule has 18 heavy (non-hydrogen) atoms. The Balaban J connectivity index is 2.56. The van der Waals surface area contributed by atoms with Gasteiger partial charge in [-0.25, -0.2) is 9.78 Å². The first-order chi connectivity index (χ1) is 8.29. The van der Waals surface area contributed by atoms with Crippen molar-refractivity contribution in [3.8, 4) is 9.88 Å². The molecule has 96 valence electrons. The largest absolute Gasteiger partial charge is 0.477 e. The van der Waals surface area contributed by atoms with Gasteiger partial charge in [0.1, 0.15) is 9.88 Å². The maximum atomic E-state index is 11.3. The van der Waals surface area contributed by atoms with Gasteiger partial charge in [-0.05, 0) is 19.1 Å². The molecule has 2 aromatic heterocycles. The van der Waals surface area contributed by atoms with Gasteiger partial charge in [-0.1, -0.05) is 20.8 Å². The van der Waals surface area contributed by atoms with Gasteiger partial charge < -0.3 is 5.11 Å². The molecule has 0 aliphatic heterocycles. The molecule has 0 aromatic carbocycles. The third-order valence-corrected chi connectivity index (χ3v) is 4.70. The summed E-state index contributed by atoms with van der Waals surface area (Å²) in [5, 5.41) is 10.1. The van der Waals surface area contributed by atoms with E-state index in [1.807, 2.05) is 39.8 Å². The second-order valence-corrected chi connectivity index (χ2v) is 7.45. The van der Waals surface area contributed by atoms with Crippen molar-refractivity contribution in [2.45, 2.75) is 33.1 Å². The normalized spacial score (nSPS) is 11.8. The fraction of sp³-hybridized carbons (Fsp3) is 0.385. The molecule has 0 atom stereocenters. The van der Waals surface area contributed by atoms with Crippen LogP contribution in [0, 0.1) is 6.92 Å². The number of nitrogens with zero attached hydrogens (tertiary/aromatic N) is 1. The number of thiophene rings is 1. The van der Waals surface area contributed by atoms with Crippen LogP contribution in [-0.2, 0) is 5.41 Å². The Morgan fingerprint density at radius 2 is 1.94 bits per heavy atom. The molecular formula is C13H15NO2S2. The second-order valence-electron chi connectivity index (χ2n) is 5.16. The van der Waals surface area contributed by atoms with Gasteiger partial charge >= 0.3 is 5.97 Å². The van der Waals surface area contributed by atoms with Crippen LogP contribution in [0.1, 0.15) is 41.0 Å². The third-order valence-electron chi connectivity index (χ3n) is 2.48. The average Bonchev–Trinajstić information content (AvgIpc) is 2.81. The maximum absolute atomic E-state index is 11.3. The predicted octanol–water partition coefficient (Wildman–Crippen LogP) is 4.18. The molecule has 0 fully saturated rings. The van der Waals surface area contributed by atoms with Crippen molar-refractivity contribution in [1.29, 1.82) is 0 Å². The molecule has 1 N–H and O–H groups in total. The van der Waals surface area contributed by atoms with Crippen LogP contribution in [0.15, 0.2) is 12.1 Å². The minimum Gasteiger partial charge on any atom is -0.477 e. The smallest absolute Gasteiger partial charge is 0.347 e. The Morgan fingerprint density at radius 3 is 2.33 bits per heavy atom. The molecule has 2 rings (SSSR count). The van der Waals surface area contributed by atoms with E-state index in [1.54, 1.807) is 11.3 Å². The number of thiazole rings is 1. The van der Waals surface area contributed by atoms with Gasteiger partial charge in [-0.15, -0.1) is 22.7 Å². The molecule has 0 saturated heterocycles. The summed E-state index contributed by atoms with van der Waals surface area (Å²) in [5.41, 5.74) is 0.412. The van der Waals surface area contributed by atoms with Gasteiger partial charge in [0.25, 0.3) is 0 Å². The van der Waals surface area contributed by atoms with Gasteiger partial charge in [-0.3, -0.25) is 0 Å². The lowest BCUT2D eigenvalue weighted by molar-refractivity contribution is 0.0699. The fourth-order valence-corrected chi connectivity index (χ4v) is 3.66. The molecule has 2 heterocycles. The highest BCUT2D eigenvalue weighted by Gasteiger charge is 2.27. The van der Waals surface area contributed by atoms with Crippen molar-refractivity contribution in [2.24, 2.45) is 0 Å². The van der Waals surface area contributed by atoms with E-state index in [1.165, 1.54) is 16.2 Å². The number of rotatable bonds is 2. The number of aromatic carboxylic acids is 1. The molecule has 3 nitrogen and oxygen atoms in total. The van der Waals surface area contributed by atoms with Crippen LogP contribution >= 0.6 is 22.7 Å². The quantitative estimate of drug-likeness (QED) is 0.898. The number of carbonyl (C=O) groups is 1. The Kier molecular flexibility index (Phi) is 3.29. The number of carboxylic acids is 1. The molecule has 2 aromatic rings. The first kappa shape index (κ1) is 13.2. The monoisotopic (exact) mass is 281 g/mol. The molecule has 0 saturated carbocycles. The summed E-state index contributed by atoms with van der Waals surface area (Å²) in [6.07, 6.45) is 0. The maximum Gasteiger partial charge on any atom is 0.347 e. The zero-order chi connectivity index (χ0) is 13.5. The SMILES string of the molecule is Cc1ccc(-c2nc(C(C)(C)C)c(C(=O)O)s2)s1. The number of aryl methyl sites for hydroxylation is 1. The molecule has 0 unspecified atom stereocenters. The topological polar surface area (TPSA) is 50.2 Å². The number of hydrogen-bond acceptors (Lipinski definition) is 4.